The van der Waals surface area contributed by atoms with Crippen molar-refractivity contribution in [2.45, 2.75) is 25.0 Å². The molecule has 7 nitrogen and oxygen atoms in total. The molecule has 0 aliphatic carbocycles. The van der Waals surface area contributed by atoms with Crippen molar-refractivity contribution >= 4 is 5.90 Å². The molecule has 0 bridgehead atoms. The average Bonchev–Trinajstić information content (AvgIpc) is 2.50. The lowest BCUT2D eigenvalue weighted by Gasteiger charge is -2.36. The summed E-state index contributed by atoms with van der Waals surface area (Å²) in [6.45, 7) is 2.07. The second kappa shape index (κ2) is 8.00. The van der Waals surface area contributed by atoms with Gasteiger partial charge < -0.3 is 21.3 Å². The van der Waals surface area contributed by atoms with E-state index in [0.29, 0.717) is 18.1 Å². The van der Waals surface area contributed by atoms with Crippen molar-refractivity contribution in [3.05, 3.63) is 59.7 Å². The van der Waals surface area contributed by atoms with Gasteiger partial charge in [-0.25, -0.2) is 0 Å². The molecule has 1 aromatic rings. The first-order valence-electron chi connectivity index (χ1n) is 7.08. The molecule has 0 aliphatic rings. The Morgan fingerprint density at radius 1 is 1.17 bits per heavy atom. The zero-order chi connectivity index (χ0) is 17.5. The Hall–Kier alpha value is -2.03. The van der Waals surface area contributed by atoms with E-state index in [2.05, 4.69) is 4.99 Å². The number of nitrogens with two attached hydrogens (primary N) is 4. The van der Waals surface area contributed by atoms with Crippen LogP contribution in [0.1, 0.15) is 12.5 Å². The maximum Gasteiger partial charge on any atom is 0.208 e. The van der Waals surface area contributed by atoms with Gasteiger partial charge in [-0.3, -0.25) is 16.5 Å². The number of aliphatic imine (C=N–C) groups is 1. The molecule has 23 heavy (non-hydrogen) atoms. The Labute approximate surface area is 136 Å². The molecular weight excluding hydrogens is 294 g/mol. The third-order valence-corrected chi connectivity index (χ3v) is 3.31. The van der Waals surface area contributed by atoms with E-state index in [1.807, 2.05) is 30.3 Å². The van der Waals surface area contributed by atoms with Crippen LogP contribution in [-0.2, 0) is 11.3 Å². The van der Waals surface area contributed by atoms with Crippen molar-refractivity contribution in [3.63, 3.8) is 0 Å². The molecule has 1 aromatic carbocycles. The first-order chi connectivity index (χ1) is 10.7. The van der Waals surface area contributed by atoms with Gasteiger partial charge in [0.15, 0.2) is 0 Å². The summed E-state index contributed by atoms with van der Waals surface area (Å²) in [5, 5.41) is 9.69. The van der Waals surface area contributed by atoms with Crippen LogP contribution in [0.15, 0.2) is 59.1 Å². The number of benzene rings is 1. The molecule has 0 saturated carbocycles. The van der Waals surface area contributed by atoms with Crippen LogP contribution in [0.3, 0.4) is 0 Å². The fourth-order valence-corrected chi connectivity index (χ4v) is 1.78. The van der Waals surface area contributed by atoms with Gasteiger partial charge in [0.05, 0.1) is 0 Å². The third kappa shape index (κ3) is 5.27. The molecule has 0 atom stereocenters. The summed E-state index contributed by atoms with van der Waals surface area (Å²) in [4.78, 5) is 4.03. The van der Waals surface area contributed by atoms with E-state index in [-0.39, 0.29) is 0 Å². The zero-order valence-electron chi connectivity index (χ0n) is 13.4. The van der Waals surface area contributed by atoms with E-state index in [1.165, 1.54) is 0 Å². The maximum atomic E-state index is 9.69. The molecule has 0 aliphatic heterocycles. The molecule has 0 heterocycles. The van der Waals surface area contributed by atoms with Crippen molar-refractivity contribution in [3.8, 4) is 0 Å². The number of allylic oxidation sites excluding steroid dienone is 1. The van der Waals surface area contributed by atoms with Crippen LogP contribution in [0.4, 0.5) is 0 Å². The lowest BCUT2D eigenvalue weighted by Crippen LogP contribution is -2.76. The van der Waals surface area contributed by atoms with E-state index >= 15 is 0 Å². The van der Waals surface area contributed by atoms with Crippen LogP contribution in [0.25, 0.3) is 0 Å². The summed E-state index contributed by atoms with van der Waals surface area (Å²) in [6.07, 6.45) is 4.74. The molecule has 1 rings (SSSR count). The first kappa shape index (κ1) is 19.0. The second-order valence-electron chi connectivity index (χ2n) is 5.11. The van der Waals surface area contributed by atoms with Gasteiger partial charge in [-0.1, -0.05) is 42.5 Å². The average molecular weight is 319 g/mol. The Bertz CT molecular complexity index is 586. The monoisotopic (exact) mass is 319 g/mol. The van der Waals surface area contributed by atoms with E-state index in [9.17, 15) is 5.11 Å². The summed E-state index contributed by atoms with van der Waals surface area (Å²) >= 11 is 0. The van der Waals surface area contributed by atoms with Crippen molar-refractivity contribution in [1.29, 1.82) is 0 Å². The maximum absolute atomic E-state index is 9.69. The van der Waals surface area contributed by atoms with Crippen LogP contribution in [-0.4, -0.2) is 29.6 Å². The minimum Gasteiger partial charge on any atom is -0.473 e. The molecule has 0 radical (unpaired) electrons. The third-order valence-electron chi connectivity index (χ3n) is 3.31. The molecule has 9 N–H and O–H groups in total. The number of hydrogen-bond acceptors (Lipinski definition) is 7. The van der Waals surface area contributed by atoms with Crippen LogP contribution < -0.4 is 22.9 Å². The zero-order valence-corrected chi connectivity index (χ0v) is 13.4. The Balaban J connectivity index is 2.79. The topological polar surface area (TPSA) is 146 Å². The van der Waals surface area contributed by atoms with E-state index in [1.54, 1.807) is 32.2 Å². The molecule has 0 fully saturated rings. The van der Waals surface area contributed by atoms with Gasteiger partial charge in [0.2, 0.25) is 11.7 Å². The van der Waals surface area contributed by atoms with E-state index in [0.717, 1.165) is 5.56 Å². The molecule has 0 unspecified atom stereocenters. The number of ether oxygens (including phenoxy) is 1. The number of hydrogen-bond donors (Lipinski definition) is 5. The fraction of sp³-hybridized carbons (Fsp3) is 0.312. The molecule has 0 spiro atoms. The quantitative estimate of drug-likeness (QED) is 0.214. The Kier molecular flexibility index (Phi) is 6.62. The molecule has 0 aromatic heterocycles. The highest BCUT2D eigenvalue weighted by molar-refractivity contribution is 5.88. The molecular formula is C16H25N5O2. The van der Waals surface area contributed by atoms with Gasteiger partial charge in [-0.2, -0.15) is 0 Å². The highest BCUT2D eigenvalue weighted by Gasteiger charge is 2.40. The molecule has 7 heteroatoms. The standard InChI is InChI=1S/C16H25N5O2/c1-3-13(15(17,18)16(19,20)22)9-10-14(21-2)23-11-12-7-5-4-6-8-12/h3-10,22H,11,17-20H2,1-2H3/b10-9-,13-3+,21-14?. The molecule has 0 saturated heterocycles. The summed E-state index contributed by atoms with van der Waals surface area (Å²) < 4.78 is 5.60. The second-order valence-corrected chi connectivity index (χ2v) is 5.11. The fourth-order valence-electron chi connectivity index (χ4n) is 1.78. The summed E-state index contributed by atoms with van der Waals surface area (Å²) in [6, 6.07) is 9.68. The smallest absolute Gasteiger partial charge is 0.208 e. The minimum atomic E-state index is -2.27. The lowest BCUT2D eigenvalue weighted by atomic mass is 9.95. The van der Waals surface area contributed by atoms with Crippen molar-refractivity contribution in [2.24, 2.45) is 27.9 Å². The normalized spacial score (nSPS) is 14.4. The van der Waals surface area contributed by atoms with Crippen molar-refractivity contribution in [1.82, 2.24) is 0 Å². The minimum absolute atomic E-state index is 0.342. The lowest BCUT2D eigenvalue weighted by molar-refractivity contribution is -0.00601. The van der Waals surface area contributed by atoms with Gasteiger partial charge in [0.1, 0.15) is 12.3 Å². The highest BCUT2D eigenvalue weighted by Crippen LogP contribution is 2.16. The van der Waals surface area contributed by atoms with Gasteiger partial charge >= 0.3 is 0 Å². The first-order valence-corrected chi connectivity index (χ1v) is 7.08. The largest absolute Gasteiger partial charge is 0.473 e. The number of aliphatic hydroxyl groups is 1. The van der Waals surface area contributed by atoms with Crippen LogP contribution in [0.5, 0.6) is 0 Å². The summed E-state index contributed by atoms with van der Waals surface area (Å²) in [5.41, 5.74) is 22.0. The Morgan fingerprint density at radius 3 is 2.26 bits per heavy atom. The number of nitrogens with zero attached hydrogens (tertiary/aromatic N) is 1. The SMILES string of the molecule is C/C=C(\C=C/C(=NC)OCc1ccccc1)C(N)(N)C(N)(N)O. The predicted octanol–water partition coefficient (Wildman–Crippen LogP) is -0.0888. The van der Waals surface area contributed by atoms with Crippen LogP contribution in [0, 0.1) is 0 Å². The van der Waals surface area contributed by atoms with E-state index < -0.39 is 11.5 Å². The van der Waals surface area contributed by atoms with Gasteiger partial charge in [-0.15, -0.1) is 0 Å². The van der Waals surface area contributed by atoms with Crippen molar-refractivity contribution < 1.29 is 9.84 Å². The summed E-state index contributed by atoms with van der Waals surface area (Å²) in [7, 11) is 1.60. The van der Waals surface area contributed by atoms with Crippen LogP contribution in [0.2, 0.25) is 0 Å². The van der Waals surface area contributed by atoms with Gasteiger partial charge in [0, 0.05) is 13.1 Å². The van der Waals surface area contributed by atoms with E-state index in [4.69, 9.17) is 27.7 Å². The highest BCUT2D eigenvalue weighted by atomic mass is 16.5. The van der Waals surface area contributed by atoms with Gasteiger partial charge in [-0.05, 0) is 18.1 Å². The van der Waals surface area contributed by atoms with Gasteiger partial charge in [0.25, 0.3) is 0 Å². The Morgan fingerprint density at radius 2 is 1.78 bits per heavy atom. The summed E-state index contributed by atoms with van der Waals surface area (Å²) in [5.74, 6) is -1.89. The molecule has 126 valence electrons. The molecule has 0 amide bonds. The van der Waals surface area contributed by atoms with Crippen LogP contribution >= 0.6 is 0 Å². The number of rotatable bonds is 6. The predicted molar refractivity (Wildman–Crippen MR) is 91.9 cm³/mol. The van der Waals surface area contributed by atoms with Crippen molar-refractivity contribution in [2.75, 3.05) is 7.05 Å².